The predicted molar refractivity (Wildman–Crippen MR) is 57.0 cm³/mol. The van der Waals surface area contributed by atoms with Crippen LogP contribution in [0.3, 0.4) is 0 Å². The fraction of sp³-hybridized carbons (Fsp3) is 0.667. The third kappa shape index (κ3) is 2.28. The van der Waals surface area contributed by atoms with Crippen LogP contribution in [-0.2, 0) is 14.3 Å². The van der Waals surface area contributed by atoms with Crippen LogP contribution in [0.5, 0.6) is 0 Å². The summed E-state index contributed by atoms with van der Waals surface area (Å²) in [5.74, 6) is 0.295. The van der Waals surface area contributed by atoms with Gasteiger partial charge < -0.3 is 4.74 Å². The highest BCUT2D eigenvalue weighted by atomic mass is 16.5. The SMILES string of the molecule is CC(C)(C)C(=O)OC1=CCC(=O)C1(C)C. The Morgan fingerprint density at radius 3 is 2.27 bits per heavy atom. The minimum Gasteiger partial charge on any atom is -0.430 e. The summed E-state index contributed by atoms with van der Waals surface area (Å²) < 4.78 is 5.26. The van der Waals surface area contributed by atoms with E-state index in [4.69, 9.17) is 4.74 Å². The monoisotopic (exact) mass is 210 g/mol. The normalized spacial score (nSPS) is 20.1. The molecule has 15 heavy (non-hydrogen) atoms. The summed E-state index contributed by atoms with van der Waals surface area (Å²) in [7, 11) is 0. The molecule has 0 fully saturated rings. The van der Waals surface area contributed by atoms with Crippen molar-refractivity contribution in [1.82, 2.24) is 0 Å². The average molecular weight is 210 g/mol. The number of allylic oxidation sites excluding steroid dienone is 2. The largest absolute Gasteiger partial charge is 0.430 e. The van der Waals surface area contributed by atoms with Crippen LogP contribution in [0, 0.1) is 10.8 Å². The Morgan fingerprint density at radius 1 is 1.40 bits per heavy atom. The summed E-state index contributed by atoms with van der Waals surface area (Å²) in [6, 6.07) is 0. The smallest absolute Gasteiger partial charge is 0.316 e. The van der Waals surface area contributed by atoms with Gasteiger partial charge in [-0.3, -0.25) is 9.59 Å². The summed E-state index contributed by atoms with van der Waals surface area (Å²) in [6.45, 7) is 8.94. The van der Waals surface area contributed by atoms with Crippen molar-refractivity contribution in [1.29, 1.82) is 0 Å². The van der Waals surface area contributed by atoms with E-state index in [1.165, 1.54) is 0 Å². The first-order chi connectivity index (χ1) is 6.65. The number of rotatable bonds is 1. The Kier molecular flexibility index (Phi) is 2.77. The number of hydrogen-bond acceptors (Lipinski definition) is 3. The molecule has 3 nitrogen and oxygen atoms in total. The molecule has 0 aromatic carbocycles. The van der Waals surface area contributed by atoms with E-state index < -0.39 is 10.8 Å². The van der Waals surface area contributed by atoms with Crippen LogP contribution in [0.1, 0.15) is 41.0 Å². The van der Waals surface area contributed by atoms with Gasteiger partial charge in [0.15, 0.2) is 0 Å². The topological polar surface area (TPSA) is 43.4 Å². The van der Waals surface area contributed by atoms with Gasteiger partial charge in [0, 0.05) is 6.42 Å². The van der Waals surface area contributed by atoms with Crippen LogP contribution < -0.4 is 0 Å². The molecular formula is C12H18O3. The summed E-state index contributed by atoms with van der Waals surface area (Å²) in [6.07, 6.45) is 2.06. The Bertz CT molecular complexity index is 329. The number of carbonyl (C=O) groups is 2. The molecule has 0 amide bonds. The predicted octanol–water partition coefficient (Wildman–Crippen LogP) is 2.46. The molecule has 0 radical (unpaired) electrons. The van der Waals surface area contributed by atoms with Crippen LogP contribution in [0.2, 0.25) is 0 Å². The molecule has 0 aromatic rings. The zero-order chi connectivity index (χ0) is 11.9. The molecule has 1 aliphatic carbocycles. The number of esters is 1. The first kappa shape index (κ1) is 12.0. The molecule has 0 spiro atoms. The molecule has 0 heterocycles. The molecule has 0 unspecified atom stereocenters. The minimum absolute atomic E-state index is 0.0965. The second kappa shape index (κ2) is 3.47. The van der Waals surface area contributed by atoms with Gasteiger partial charge in [-0.1, -0.05) is 0 Å². The van der Waals surface area contributed by atoms with Gasteiger partial charge in [0.1, 0.15) is 11.5 Å². The van der Waals surface area contributed by atoms with Crippen molar-refractivity contribution in [3.63, 3.8) is 0 Å². The van der Waals surface area contributed by atoms with Crippen molar-refractivity contribution in [2.24, 2.45) is 10.8 Å². The van der Waals surface area contributed by atoms with Crippen LogP contribution in [0.4, 0.5) is 0 Å². The maximum Gasteiger partial charge on any atom is 0.316 e. The summed E-state index contributed by atoms with van der Waals surface area (Å²) in [4.78, 5) is 23.1. The lowest BCUT2D eigenvalue weighted by atomic mass is 9.90. The van der Waals surface area contributed by atoms with Crippen molar-refractivity contribution in [2.75, 3.05) is 0 Å². The van der Waals surface area contributed by atoms with Gasteiger partial charge in [-0.2, -0.15) is 0 Å². The average Bonchev–Trinajstić information content (AvgIpc) is 2.30. The maximum absolute atomic E-state index is 11.6. The summed E-state index contributed by atoms with van der Waals surface area (Å²) in [5.41, 5.74) is -1.19. The molecule has 0 N–H and O–H groups in total. The number of ether oxygens (including phenoxy) is 1. The molecule has 1 rings (SSSR count). The lowest BCUT2D eigenvalue weighted by Crippen LogP contribution is -2.28. The second-order valence-corrected chi connectivity index (χ2v) is 5.46. The molecular weight excluding hydrogens is 192 g/mol. The van der Waals surface area contributed by atoms with E-state index in [0.717, 1.165) is 0 Å². The van der Waals surface area contributed by atoms with Crippen molar-refractivity contribution < 1.29 is 14.3 Å². The van der Waals surface area contributed by atoms with Gasteiger partial charge >= 0.3 is 5.97 Å². The third-order valence-corrected chi connectivity index (χ3v) is 2.60. The molecule has 0 bridgehead atoms. The van der Waals surface area contributed by atoms with Crippen molar-refractivity contribution >= 4 is 11.8 Å². The van der Waals surface area contributed by atoms with Crippen LogP contribution in [0.15, 0.2) is 11.8 Å². The van der Waals surface area contributed by atoms with Gasteiger partial charge in [0.05, 0.1) is 10.8 Å². The van der Waals surface area contributed by atoms with Gasteiger partial charge in [-0.05, 0) is 40.7 Å². The number of hydrogen-bond donors (Lipinski definition) is 0. The Balaban J connectivity index is 2.78. The standard InChI is InChI=1S/C12H18O3/c1-11(2,3)10(14)15-9-7-6-8(13)12(9,4)5/h7H,6H2,1-5H3. The number of ketones is 1. The Hall–Kier alpha value is -1.12. The molecule has 0 atom stereocenters. The van der Waals surface area contributed by atoms with E-state index in [2.05, 4.69) is 0 Å². The maximum atomic E-state index is 11.6. The molecule has 3 heteroatoms. The van der Waals surface area contributed by atoms with E-state index >= 15 is 0 Å². The first-order valence-electron chi connectivity index (χ1n) is 5.12. The Morgan fingerprint density at radius 2 is 1.93 bits per heavy atom. The molecule has 1 aliphatic rings. The van der Waals surface area contributed by atoms with E-state index in [9.17, 15) is 9.59 Å². The van der Waals surface area contributed by atoms with E-state index in [1.54, 1.807) is 40.7 Å². The lowest BCUT2D eigenvalue weighted by molar-refractivity contribution is -0.150. The minimum atomic E-state index is -0.652. The van der Waals surface area contributed by atoms with Gasteiger partial charge in [-0.25, -0.2) is 0 Å². The van der Waals surface area contributed by atoms with Gasteiger partial charge in [0.25, 0.3) is 0 Å². The summed E-state index contributed by atoms with van der Waals surface area (Å²) >= 11 is 0. The van der Waals surface area contributed by atoms with E-state index in [1.807, 2.05) is 0 Å². The van der Waals surface area contributed by atoms with Gasteiger partial charge in [0.2, 0.25) is 0 Å². The highest BCUT2D eigenvalue weighted by Gasteiger charge is 2.39. The van der Waals surface area contributed by atoms with Crippen molar-refractivity contribution in [3.8, 4) is 0 Å². The third-order valence-electron chi connectivity index (χ3n) is 2.60. The summed E-state index contributed by atoms with van der Waals surface area (Å²) in [5, 5.41) is 0. The molecule has 84 valence electrons. The second-order valence-electron chi connectivity index (χ2n) is 5.46. The zero-order valence-corrected chi connectivity index (χ0v) is 10.0. The number of carbonyl (C=O) groups excluding carboxylic acids is 2. The van der Waals surface area contributed by atoms with Crippen LogP contribution >= 0.6 is 0 Å². The highest BCUT2D eigenvalue weighted by molar-refractivity contribution is 5.92. The number of Topliss-reactive ketones (excluding diaryl/α,β-unsaturated/α-hetero) is 1. The van der Waals surface area contributed by atoms with Crippen molar-refractivity contribution in [2.45, 2.75) is 41.0 Å². The molecule has 0 aliphatic heterocycles. The highest BCUT2D eigenvalue weighted by Crippen LogP contribution is 2.36. The van der Waals surface area contributed by atoms with Crippen LogP contribution in [-0.4, -0.2) is 11.8 Å². The quantitative estimate of drug-likeness (QED) is 0.624. The molecule has 0 saturated heterocycles. The van der Waals surface area contributed by atoms with E-state index in [0.29, 0.717) is 12.2 Å². The zero-order valence-electron chi connectivity index (χ0n) is 10.0. The first-order valence-corrected chi connectivity index (χ1v) is 5.12. The molecule has 0 saturated carbocycles. The fourth-order valence-electron chi connectivity index (χ4n) is 1.26. The lowest BCUT2D eigenvalue weighted by Gasteiger charge is -2.23. The van der Waals surface area contributed by atoms with Gasteiger partial charge in [-0.15, -0.1) is 0 Å². The van der Waals surface area contributed by atoms with E-state index in [-0.39, 0.29) is 11.8 Å². The Labute approximate surface area is 90.5 Å². The molecule has 0 aromatic heterocycles. The van der Waals surface area contributed by atoms with Crippen molar-refractivity contribution in [3.05, 3.63) is 11.8 Å². The fourth-order valence-corrected chi connectivity index (χ4v) is 1.26. The van der Waals surface area contributed by atoms with Crippen LogP contribution in [0.25, 0.3) is 0 Å².